The average Bonchev–Trinajstić information content (AvgIpc) is 3.46. The Hall–Kier alpha value is -6.12. The van der Waals surface area contributed by atoms with E-state index < -0.39 is 5.41 Å². The summed E-state index contributed by atoms with van der Waals surface area (Å²) in [5.41, 5.74) is 13.8. The summed E-state index contributed by atoms with van der Waals surface area (Å²) in [4.78, 5) is 10.4. The second-order valence-electron chi connectivity index (χ2n) is 12.5. The van der Waals surface area contributed by atoms with E-state index in [1.807, 2.05) is 0 Å². The van der Waals surface area contributed by atoms with Crippen molar-refractivity contribution in [1.29, 1.82) is 0 Å². The molecule has 2 nitrogen and oxygen atoms in total. The van der Waals surface area contributed by atoms with E-state index in [4.69, 9.17) is 9.97 Å². The normalized spacial score (nSPS) is 12.8. The van der Waals surface area contributed by atoms with Crippen LogP contribution in [0.3, 0.4) is 0 Å². The zero-order valence-corrected chi connectivity index (χ0v) is 26.4. The van der Waals surface area contributed by atoms with Crippen molar-refractivity contribution in [2.45, 2.75) is 11.8 Å². The molecule has 0 aliphatic heterocycles. The maximum atomic E-state index is 5.30. The molecular formula is C46H32N2. The molecule has 0 N–H and O–H groups in total. The first kappa shape index (κ1) is 28.1. The molecule has 0 amide bonds. The van der Waals surface area contributed by atoms with Crippen LogP contribution in [0.1, 0.15) is 33.6 Å². The molecule has 2 heteroatoms. The lowest BCUT2D eigenvalue weighted by Crippen LogP contribution is -2.28. The molecule has 0 unspecified atom stereocenters. The third kappa shape index (κ3) is 4.57. The third-order valence-electron chi connectivity index (χ3n) is 9.80. The number of fused-ring (bicyclic) bond motifs is 4. The van der Waals surface area contributed by atoms with Crippen molar-refractivity contribution < 1.29 is 0 Å². The molecule has 0 fully saturated rings. The number of hydrogen-bond donors (Lipinski definition) is 0. The molecule has 0 radical (unpaired) electrons. The Morgan fingerprint density at radius 3 is 1.71 bits per heavy atom. The number of para-hydroxylation sites is 1. The summed E-state index contributed by atoms with van der Waals surface area (Å²) in [5.74, 6) is 0.817. The monoisotopic (exact) mass is 612 g/mol. The minimum atomic E-state index is -0.462. The molecule has 1 heterocycles. The lowest BCUT2D eigenvalue weighted by molar-refractivity contribution is 0.768. The Morgan fingerprint density at radius 1 is 0.417 bits per heavy atom. The molecule has 0 saturated heterocycles. The van der Waals surface area contributed by atoms with Gasteiger partial charge in [-0.1, -0.05) is 170 Å². The zero-order chi connectivity index (χ0) is 31.9. The van der Waals surface area contributed by atoms with Crippen LogP contribution >= 0.6 is 0 Å². The van der Waals surface area contributed by atoms with Gasteiger partial charge < -0.3 is 0 Å². The first-order valence-electron chi connectivity index (χ1n) is 16.5. The summed E-state index contributed by atoms with van der Waals surface area (Å²) in [7, 11) is 0. The first-order valence-corrected chi connectivity index (χ1v) is 16.5. The summed E-state index contributed by atoms with van der Waals surface area (Å²) in [6.45, 7) is 0. The van der Waals surface area contributed by atoms with E-state index in [-0.39, 0.29) is 0 Å². The van der Waals surface area contributed by atoms with Crippen molar-refractivity contribution >= 4 is 10.9 Å². The zero-order valence-electron chi connectivity index (χ0n) is 26.4. The molecule has 8 aromatic rings. The highest BCUT2D eigenvalue weighted by molar-refractivity contribution is 5.95. The van der Waals surface area contributed by atoms with Crippen LogP contribution in [0.25, 0.3) is 44.4 Å². The van der Waals surface area contributed by atoms with E-state index in [1.54, 1.807) is 0 Å². The first-order chi connectivity index (χ1) is 23.8. The number of aromatic nitrogens is 2. The van der Waals surface area contributed by atoms with Gasteiger partial charge in [-0.25, -0.2) is 9.97 Å². The predicted octanol–water partition coefficient (Wildman–Crippen LogP) is 10.9. The molecule has 7 aromatic carbocycles. The molecule has 0 atom stereocenters. The Bertz CT molecular complexity index is 2360. The van der Waals surface area contributed by atoms with Crippen molar-refractivity contribution in [2.24, 2.45) is 0 Å². The quantitative estimate of drug-likeness (QED) is 0.187. The van der Waals surface area contributed by atoms with Crippen molar-refractivity contribution in [3.8, 4) is 33.5 Å². The van der Waals surface area contributed by atoms with Crippen LogP contribution in [-0.2, 0) is 11.8 Å². The maximum Gasteiger partial charge on any atom is 0.134 e. The smallest absolute Gasteiger partial charge is 0.134 e. The van der Waals surface area contributed by atoms with Gasteiger partial charge in [0.25, 0.3) is 0 Å². The van der Waals surface area contributed by atoms with Crippen molar-refractivity contribution in [2.75, 3.05) is 0 Å². The van der Waals surface area contributed by atoms with Crippen LogP contribution in [0.5, 0.6) is 0 Å². The van der Waals surface area contributed by atoms with Gasteiger partial charge in [0.2, 0.25) is 0 Å². The fourth-order valence-electron chi connectivity index (χ4n) is 7.64. The highest BCUT2D eigenvalue weighted by Crippen LogP contribution is 2.56. The van der Waals surface area contributed by atoms with Crippen LogP contribution in [-0.4, -0.2) is 9.97 Å². The average molecular weight is 613 g/mol. The number of rotatable bonds is 6. The summed E-state index contributed by atoms with van der Waals surface area (Å²) in [6.07, 6.45) is 0.654. The van der Waals surface area contributed by atoms with Gasteiger partial charge in [-0.05, 0) is 62.2 Å². The minimum Gasteiger partial charge on any atom is -0.233 e. The number of nitrogens with zero attached hydrogens (tertiary/aromatic N) is 2. The van der Waals surface area contributed by atoms with Crippen LogP contribution < -0.4 is 0 Å². The van der Waals surface area contributed by atoms with Gasteiger partial charge in [0.1, 0.15) is 5.82 Å². The van der Waals surface area contributed by atoms with Gasteiger partial charge in [-0.2, -0.15) is 0 Å². The fourth-order valence-corrected chi connectivity index (χ4v) is 7.64. The van der Waals surface area contributed by atoms with Crippen molar-refractivity contribution in [1.82, 2.24) is 9.97 Å². The summed E-state index contributed by atoms with van der Waals surface area (Å²) < 4.78 is 0. The van der Waals surface area contributed by atoms with Gasteiger partial charge in [-0.3, -0.25) is 0 Å². The SMILES string of the molecule is c1ccc(-c2ccc(Cc3nc(-c4ccc5c(c4)C(c4ccccc4)(c4ccccc4)c4ccccc4-5)c4ccccc4n3)cc2)cc1. The molecule has 1 aliphatic carbocycles. The molecule has 1 aliphatic rings. The van der Waals surface area contributed by atoms with E-state index >= 15 is 0 Å². The Balaban J connectivity index is 1.21. The topological polar surface area (TPSA) is 25.8 Å². The molecule has 1 aromatic heterocycles. The van der Waals surface area contributed by atoms with Crippen molar-refractivity contribution in [3.63, 3.8) is 0 Å². The third-order valence-corrected chi connectivity index (χ3v) is 9.80. The van der Waals surface area contributed by atoms with Crippen molar-refractivity contribution in [3.05, 3.63) is 216 Å². The lowest BCUT2D eigenvalue weighted by atomic mass is 9.67. The Morgan fingerprint density at radius 2 is 0.979 bits per heavy atom. The van der Waals surface area contributed by atoms with Gasteiger partial charge in [-0.15, -0.1) is 0 Å². The van der Waals surface area contributed by atoms with Gasteiger partial charge in [0.15, 0.2) is 0 Å². The standard InChI is InChI=1S/C46H32N2/c1-4-14-33(15-5-1)34-26-24-32(25-27-34)30-44-47-43-23-13-11-21-40(43)45(48-44)35-28-29-39-38-20-10-12-22-41(38)46(42(39)31-35,36-16-6-2-7-17-36)37-18-8-3-9-19-37/h1-29,31H,30H2. The van der Waals surface area contributed by atoms with E-state index in [9.17, 15) is 0 Å². The van der Waals surface area contributed by atoms with Crippen LogP contribution in [0.4, 0.5) is 0 Å². The fraction of sp³-hybridized carbons (Fsp3) is 0.0435. The molecule has 0 saturated carbocycles. The molecular weight excluding hydrogens is 581 g/mol. The van der Waals surface area contributed by atoms with Gasteiger partial charge >= 0.3 is 0 Å². The molecule has 48 heavy (non-hydrogen) atoms. The molecule has 9 rings (SSSR count). The van der Waals surface area contributed by atoms with Crippen LogP contribution in [0.15, 0.2) is 182 Å². The summed E-state index contributed by atoms with van der Waals surface area (Å²) in [5, 5.41) is 1.06. The van der Waals surface area contributed by atoms with E-state index in [2.05, 4.69) is 182 Å². The van der Waals surface area contributed by atoms with Gasteiger partial charge in [0.05, 0.1) is 16.6 Å². The highest BCUT2D eigenvalue weighted by Gasteiger charge is 2.46. The molecule has 0 bridgehead atoms. The highest BCUT2D eigenvalue weighted by atomic mass is 14.9. The molecule has 226 valence electrons. The molecule has 0 spiro atoms. The van der Waals surface area contributed by atoms with E-state index in [0.29, 0.717) is 6.42 Å². The van der Waals surface area contributed by atoms with Crippen LogP contribution in [0, 0.1) is 0 Å². The largest absolute Gasteiger partial charge is 0.233 e. The summed E-state index contributed by atoms with van der Waals surface area (Å²) >= 11 is 0. The summed E-state index contributed by atoms with van der Waals surface area (Å²) in [6, 6.07) is 65.4. The van der Waals surface area contributed by atoms with E-state index in [1.165, 1.54) is 50.1 Å². The predicted molar refractivity (Wildman–Crippen MR) is 197 cm³/mol. The number of hydrogen-bond acceptors (Lipinski definition) is 2. The second-order valence-corrected chi connectivity index (χ2v) is 12.5. The Kier molecular flexibility index (Phi) is 6.80. The number of benzene rings is 7. The Labute approximate surface area is 281 Å². The van der Waals surface area contributed by atoms with Gasteiger partial charge in [0, 0.05) is 17.4 Å². The lowest BCUT2D eigenvalue weighted by Gasteiger charge is -2.34. The van der Waals surface area contributed by atoms with E-state index in [0.717, 1.165) is 28.0 Å². The maximum absolute atomic E-state index is 5.30. The second kappa shape index (κ2) is 11.6. The minimum absolute atomic E-state index is 0.462. The van der Waals surface area contributed by atoms with Crippen LogP contribution in [0.2, 0.25) is 0 Å².